The van der Waals surface area contributed by atoms with Crippen LogP contribution in [-0.2, 0) is 42.2 Å². The Bertz CT molecular complexity index is 1470. The van der Waals surface area contributed by atoms with E-state index in [9.17, 15) is 28.9 Å². The second kappa shape index (κ2) is 56.4. The Kier molecular flexibility index (Phi) is 54.2. The van der Waals surface area contributed by atoms with E-state index in [1.54, 1.807) is 0 Å². The van der Waals surface area contributed by atoms with Crippen molar-refractivity contribution in [2.24, 2.45) is 0 Å². The first kappa shape index (κ1) is 71.2. The lowest BCUT2D eigenvalue weighted by atomic mass is 10.1. The zero-order valence-electron chi connectivity index (χ0n) is 47.6. The van der Waals surface area contributed by atoms with Crippen molar-refractivity contribution in [2.75, 3.05) is 26.4 Å². The molecule has 0 aromatic carbocycles. The van der Waals surface area contributed by atoms with Gasteiger partial charge in [-0.1, -0.05) is 236 Å². The number of carbonyl (C=O) groups excluding carboxylic acids is 3. The zero-order chi connectivity index (χ0) is 54.1. The summed E-state index contributed by atoms with van der Waals surface area (Å²) in [6.45, 7) is 4.52. The molecule has 0 aliphatic heterocycles. The Morgan fingerprint density at radius 2 is 0.703 bits per heavy atom. The average molecular weight is 1060 g/mol. The van der Waals surface area contributed by atoms with E-state index < -0.39 is 57.8 Å². The van der Waals surface area contributed by atoms with E-state index in [-0.39, 0.29) is 25.9 Å². The number of allylic oxidation sites excluding steroid dienone is 10. The minimum Gasteiger partial charge on any atom is -0.462 e. The summed E-state index contributed by atoms with van der Waals surface area (Å²) in [6, 6.07) is 0. The quantitative estimate of drug-likeness (QED) is 0.0197. The minimum atomic E-state index is -4.75. The number of unbranched alkanes of at least 4 members (excludes halogenated alkanes) is 29. The first-order valence-electron chi connectivity index (χ1n) is 30.2. The molecule has 0 bridgehead atoms. The van der Waals surface area contributed by atoms with Crippen LogP contribution in [0.1, 0.15) is 278 Å². The molecule has 3 unspecified atom stereocenters. The summed E-state index contributed by atoms with van der Waals surface area (Å²) < 4.78 is 39.5. The molecule has 0 aromatic rings. The molecule has 0 radical (unpaired) electrons. The fourth-order valence-electron chi connectivity index (χ4n) is 8.34. The number of aliphatic hydroxyl groups is 1. The van der Waals surface area contributed by atoms with Gasteiger partial charge in [0.25, 0.3) is 0 Å². The number of aliphatic hydroxyl groups excluding tert-OH is 1. The van der Waals surface area contributed by atoms with Gasteiger partial charge in [-0.25, -0.2) is 4.57 Å². The molecule has 0 fully saturated rings. The fraction of sp³-hybridized carbons (Fsp3) is 0.790. The molecule has 0 aliphatic rings. The maximum atomic E-state index is 12.9. The largest absolute Gasteiger partial charge is 0.472 e. The van der Waals surface area contributed by atoms with Crippen LogP contribution in [0.4, 0.5) is 0 Å². The molecule has 11 nitrogen and oxygen atoms in total. The highest BCUT2D eigenvalue weighted by Crippen LogP contribution is 2.43. The number of phosphoric ester groups is 1. The second-order valence-electron chi connectivity index (χ2n) is 20.1. The smallest absolute Gasteiger partial charge is 0.462 e. The van der Waals surface area contributed by atoms with Gasteiger partial charge in [0.1, 0.15) is 12.7 Å². The van der Waals surface area contributed by atoms with Crippen molar-refractivity contribution >= 4 is 25.7 Å². The van der Waals surface area contributed by atoms with Gasteiger partial charge in [0.05, 0.1) is 19.8 Å². The standard InChI is InChI=1S/C62H111O11P/c1-4-7-10-13-16-19-22-24-26-28-29-31-33-35-38-41-44-47-50-53-62(66)73-59(55-69-60(64)51-48-45-42-39-37-34-32-30-27-25-23-20-17-14-11-8-5-2)57-71-74(67,68)70-56-58(54-63)72-61(65)52-49-46-43-40-36-21-18-15-12-9-6-3/h8,11,17,20,24-27,32,34,58-59,63H,4-7,9-10,12-16,18-19,21-23,28-31,33,35-57H2,1-3H3,(H,67,68)/b11-8-,20-17-,26-24-,27-25-,34-32-. The van der Waals surface area contributed by atoms with Gasteiger partial charge >= 0.3 is 25.7 Å². The first-order chi connectivity index (χ1) is 36.2. The number of esters is 3. The Balaban J connectivity index is 4.74. The maximum Gasteiger partial charge on any atom is 0.472 e. The fourth-order valence-corrected chi connectivity index (χ4v) is 9.13. The lowest BCUT2D eigenvalue weighted by Gasteiger charge is -2.21. The van der Waals surface area contributed by atoms with Gasteiger partial charge in [0.2, 0.25) is 0 Å². The van der Waals surface area contributed by atoms with Gasteiger partial charge in [-0.15, -0.1) is 0 Å². The first-order valence-corrected chi connectivity index (χ1v) is 31.7. The predicted octanol–water partition coefficient (Wildman–Crippen LogP) is 17.9. The summed E-state index contributed by atoms with van der Waals surface area (Å²) >= 11 is 0. The monoisotopic (exact) mass is 1060 g/mol. The van der Waals surface area contributed by atoms with E-state index in [1.165, 1.54) is 128 Å². The van der Waals surface area contributed by atoms with E-state index >= 15 is 0 Å². The van der Waals surface area contributed by atoms with E-state index in [1.807, 2.05) is 0 Å². The van der Waals surface area contributed by atoms with Gasteiger partial charge in [0.15, 0.2) is 6.10 Å². The lowest BCUT2D eigenvalue weighted by Crippen LogP contribution is -2.30. The van der Waals surface area contributed by atoms with Crippen molar-refractivity contribution in [3.63, 3.8) is 0 Å². The summed E-state index contributed by atoms with van der Waals surface area (Å²) in [5.41, 5.74) is 0. The summed E-state index contributed by atoms with van der Waals surface area (Å²) in [5.74, 6) is -1.48. The summed E-state index contributed by atoms with van der Waals surface area (Å²) in [7, 11) is -4.75. The number of rotatable bonds is 56. The van der Waals surface area contributed by atoms with Crippen LogP contribution in [0.15, 0.2) is 60.8 Å². The molecule has 0 amide bonds. The van der Waals surface area contributed by atoms with Crippen LogP contribution in [0.5, 0.6) is 0 Å². The molecule has 0 heterocycles. The van der Waals surface area contributed by atoms with Gasteiger partial charge in [0, 0.05) is 19.3 Å². The molecule has 12 heteroatoms. The number of hydrogen-bond acceptors (Lipinski definition) is 10. The Morgan fingerprint density at radius 1 is 0.392 bits per heavy atom. The molecule has 0 saturated carbocycles. The molecular weight excluding hydrogens is 952 g/mol. The van der Waals surface area contributed by atoms with Crippen molar-refractivity contribution in [2.45, 2.75) is 290 Å². The van der Waals surface area contributed by atoms with Gasteiger partial charge < -0.3 is 24.2 Å². The third-order valence-corrected chi connectivity index (χ3v) is 13.9. The normalized spacial score (nSPS) is 13.7. The van der Waals surface area contributed by atoms with Crippen LogP contribution >= 0.6 is 7.82 Å². The van der Waals surface area contributed by atoms with Gasteiger partial charge in [-0.3, -0.25) is 23.4 Å². The summed E-state index contributed by atoms with van der Waals surface area (Å²) in [4.78, 5) is 48.6. The molecule has 0 aliphatic carbocycles. The van der Waals surface area contributed by atoms with Crippen LogP contribution < -0.4 is 0 Å². The SMILES string of the molecule is CC/C=C\C/C=C\C/C=C\C/C=C\CCCCCCC(=O)OCC(COP(=O)(O)OCC(CO)OC(=O)CCCCCCCCCCCCC)OC(=O)CCCCCCCCCCC/C=C\CCCCCCCC. The topological polar surface area (TPSA) is 155 Å². The van der Waals surface area contributed by atoms with Crippen molar-refractivity contribution in [1.82, 2.24) is 0 Å². The van der Waals surface area contributed by atoms with E-state index in [2.05, 4.69) is 81.5 Å². The number of hydrogen-bond donors (Lipinski definition) is 2. The highest BCUT2D eigenvalue weighted by molar-refractivity contribution is 7.47. The van der Waals surface area contributed by atoms with Crippen LogP contribution in [0.3, 0.4) is 0 Å². The molecule has 0 rings (SSSR count). The summed E-state index contributed by atoms with van der Waals surface area (Å²) in [5, 5.41) is 9.80. The second-order valence-corrected chi connectivity index (χ2v) is 21.6. The number of phosphoric acid groups is 1. The van der Waals surface area contributed by atoms with Crippen LogP contribution in [0, 0.1) is 0 Å². The Labute approximate surface area is 453 Å². The van der Waals surface area contributed by atoms with Crippen LogP contribution in [-0.4, -0.2) is 66.5 Å². The Morgan fingerprint density at radius 3 is 1.09 bits per heavy atom. The van der Waals surface area contributed by atoms with Gasteiger partial charge in [-0.2, -0.15) is 0 Å². The third-order valence-electron chi connectivity index (χ3n) is 12.9. The van der Waals surface area contributed by atoms with E-state index in [4.69, 9.17) is 23.3 Å². The Hall–Kier alpha value is -2.82. The van der Waals surface area contributed by atoms with Crippen LogP contribution in [0.25, 0.3) is 0 Å². The lowest BCUT2D eigenvalue weighted by molar-refractivity contribution is -0.161. The number of ether oxygens (including phenoxy) is 3. The molecule has 2 N–H and O–H groups in total. The van der Waals surface area contributed by atoms with Crippen molar-refractivity contribution in [3.05, 3.63) is 60.8 Å². The summed E-state index contributed by atoms with van der Waals surface area (Å²) in [6.07, 6.45) is 61.8. The average Bonchev–Trinajstić information content (AvgIpc) is 3.39. The molecule has 74 heavy (non-hydrogen) atoms. The minimum absolute atomic E-state index is 0.160. The third kappa shape index (κ3) is 54.0. The molecule has 430 valence electrons. The molecule has 0 spiro atoms. The van der Waals surface area contributed by atoms with Gasteiger partial charge in [-0.05, 0) is 83.5 Å². The van der Waals surface area contributed by atoms with E-state index in [0.29, 0.717) is 19.3 Å². The zero-order valence-corrected chi connectivity index (χ0v) is 48.5. The number of carbonyl (C=O) groups is 3. The highest BCUT2D eigenvalue weighted by atomic mass is 31.2. The van der Waals surface area contributed by atoms with Crippen molar-refractivity contribution in [1.29, 1.82) is 0 Å². The van der Waals surface area contributed by atoms with Crippen LogP contribution in [0.2, 0.25) is 0 Å². The highest BCUT2D eigenvalue weighted by Gasteiger charge is 2.28. The van der Waals surface area contributed by atoms with E-state index in [0.717, 1.165) is 89.9 Å². The molecule has 0 aromatic heterocycles. The molecule has 0 saturated heterocycles. The molecule has 3 atom stereocenters. The van der Waals surface area contributed by atoms with Crippen molar-refractivity contribution < 1.29 is 52.2 Å². The molecular formula is C62H111O11P. The maximum absolute atomic E-state index is 12.9. The predicted molar refractivity (Wildman–Crippen MR) is 307 cm³/mol. The van der Waals surface area contributed by atoms with Crippen molar-refractivity contribution in [3.8, 4) is 0 Å².